The molecule has 0 spiro atoms. The Bertz CT molecular complexity index is 253. The fraction of sp³-hybridized carbons (Fsp3) is 0.286. The van der Waals surface area contributed by atoms with Gasteiger partial charge in [0.2, 0.25) is 0 Å². The molecule has 0 amide bonds. The minimum Gasteiger partial charge on any atom is -0.550 e. The first-order valence-electron chi connectivity index (χ1n) is 3.38. The van der Waals surface area contributed by atoms with E-state index < -0.39 is 5.97 Å². The molecule has 64 valence electrons. The maximum atomic E-state index is 10.0. The molecule has 0 aliphatic rings. The van der Waals surface area contributed by atoms with Gasteiger partial charge in [-0.2, -0.15) is 0 Å². The molecule has 0 aliphatic heterocycles. The Hall–Kier alpha value is -1.10. The molecule has 0 aromatic carbocycles. The first-order valence-corrected chi connectivity index (χ1v) is 4.37. The van der Waals surface area contributed by atoms with Crippen LogP contribution < -0.4 is 5.11 Å². The van der Waals surface area contributed by atoms with E-state index in [2.05, 4.69) is 9.97 Å². The van der Waals surface area contributed by atoms with Crippen molar-refractivity contribution in [3.8, 4) is 0 Å². The highest BCUT2D eigenvalue weighted by Crippen LogP contribution is 2.11. The Kier molecular flexibility index (Phi) is 3.53. The van der Waals surface area contributed by atoms with Crippen molar-refractivity contribution in [2.24, 2.45) is 0 Å². The fourth-order valence-electron chi connectivity index (χ4n) is 0.586. The molecule has 0 bridgehead atoms. The molecular weight excluding hydrogens is 176 g/mol. The van der Waals surface area contributed by atoms with Crippen LogP contribution in [0.15, 0.2) is 23.6 Å². The van der Waals surface area contributed by atoms with E-state index >= 15 is 0 Å². The van der Waals surface area contributed by atoms with E-state index in [4.69, 9.17) is 0 Å². The summed E-state index contributed by atoms with van der Waals surface area (Å²) >= 11 is 1.31. The molecule has 0 aliphatic carbocycles. The number of carbonyl (C=O) groups is 1. The second kappa shape index (κ2) is 4.71. The third kappa shape index (κ3) is 3.34. The zero-order valence-corrected chi connectivity index (χ0v) is 7.08. The lowest BCUT2D eigenvalue weighted by atomic mass is 10.5. The number of aliphatic carboxylic acids is 1. The fourth-order valence-corrected chi connectivity index (χ4v) is 1.31. The Morgan fingerprint density at radius 2 is 2.17 bits per heavy atom. The molecule has 0 saturated heterocycles. The molecule has 4 nitrogen and oxygen atoms in total. The third-order valence-corrected chi connectivity index (χ3v) is 1.96. The van der Waals surface area contributed by atoms with Crippen LogP contribution in [0.2, 0.25) is 0 Å². The smallest absolute Gasteiger partial charge is 0.187 e. The van der Waals surface area contributed by atoms with Crippen LogP contribution in [0, 0.1) is 0 Å². The molecule has 12 heavy (non-hydrogen) atoms. The van der Waals surface area contributed by atoms with Crippen LogP contribution in [-0.4, -0.2) is 21.7 Å². The molecule has 0 N–H and O–H groups in total. The summed E-state index contributed by atoms with van der Waals surface area (Å²) < 4.78 is 0. The van der Waals surface area contributed by atoms with Crippen molar-refractivity contribution in [2.45, 2.75) is 11.6 Å². The minimum absolute atomic E-state index is 0.0307. The Balaban J connectivity index is 2.29. The topological polar surface area (TPSA) is 65.9 Å². The highest BCUT2D eigenvalue weighted by Gasteiger charge is 1.94. The molecule has 5 heteroatoms. The molecular formula is C7H7N2O2S-. The van der Waals surface area contributed by atoms with Crippen molar-refractivity contribution < 1.29 is 9.90 Å². The summed E-state index contributed by atoms with van der Waals surface area (Å²) in [4.78, 5) is 17.9. The number of thioether (sulfide) groups is 1. The van der Waals surface area contributed by atoms with Crippen molar-refractivity contribution in [1.82, 2.24) is 9.97 Å². The normalized spacial score (nSPS) is 9.67. The Morgan fingerprint density at radius 3 is 2.75 bits per heavy atom. The van der Waals surface area contributed by atoms with Gasteiger partial charge in [0.25, 0.3) is 0 Å². The summed E-state index contributed by atoms with van der Waals surface area (Å²) in [7, 11) is 0. The van der Waals surface area contributed by atoms with Gasteiger partial charge >= 0.3 is 0 Å². The van der Waals surface area contributed by atoms with E-state index in [1.807, 2.05) is 0 Å². The molecule has 1 heterocycles. The molecule has 1 rings (SSSR count). The first kappa shape index (κ1) is 8.99. The molecule has 0 unspecified atom stereocenters. The van der Waals surface area contributed by atoms with E-state index in [1.165, 1.54) is 11.8 Å². The number of carboxylic acid groups (broad SMARTS) is 1. The van der Waals surface area contributed by atoms with Crippen LogP contribution in [0.5, 0.6) is 0 Å². The predicted octanol–water partition coefficient (Wildman–Crippen LogP) is -0.291. The van der Waals surface area contributed by atoms with Gasteiger partial charge in [-0.25, -0.2) is 9.97 Å². The summed E-state index contributed by atoms with van der Waals surface area (Å²) in [5.74, 6) is -0.592. The van der Waals surface area contributed by atoms with Crippen LogP contribution in [-0.2, 0) is 4.79 Å². The van der Waals surface area contributed by atoms with E-state index in [0.717, 1.165) is 0 Å². The lowest BCUT2D eigenvalue weighted by molar-refractivity contribution is -0.305. The third-order valence-electron chi connectivity index (χ3n) is 1.08. The number of carbonyl (C=O) groups excluding carboxylic acids is 1. The highest BCUT2D eigenvalue weighted by atomic mass is 32.2. The first-order chi connectivity index (χ1) is 5.79. The SMILES string of the molecule is O=C([O-])CCSc1ncccn1. The molecule has 0 fully saturated rings. The summed E-state index contributed by atoms with van der Waals surface area (Å²) in [6, 6.07) is 1.71. The van der Waals surface area contributed by atoms with E-state index in [0.29, 0.717) is 10.9 Å². The maximum absolute atomic E-state index is 10.0. The molecule has 0 radical (unpaired) electrons. The van der Waals surface area contributed by atoms with Gasteiger partial charge in [0, 0.05) is 24.1 Å². The molecule has 0 saturated carbocycles. The lowest BCUT2D eigenvalue weighted by Gasteiger charge is -1.99. The van der Waals surface area contributed by atoms with Crippen LogP contribution in [0.3, 0.4) is 0 Å². The maximum Gasteiger partial charge on any atom is 0.187 e. The Morgan fingerprint density at radius 1 is 1.50 bits per heavy atom. The minimum atomic E-state index is -1.04. The van der Waals surface area contributed by atoms with Gasteiger partial charge in [-0.3, -0.25) is 0 Å². The van der Waals surface area contributed by atoms with Gasteiger partial charge in [-0.1, -0.05) is 11.8 Å². The van der Waals surface area contributed by atoms with Crippen molar-refractivity contribution >= 4 is 17.7 Å². The van der Waals surface area contributed by atoms with Gasteiger partial charge in [-0.15, -0.1) is 0 Å². The largest absolute Gasteiger partial charge is 0.550 e. The van der Waals surface area contributed by atoms with Gasteiger partial charge in [0.1, 0.15) is 0 Å². The molecule has 1 aromatic heterocycles. The summed E-state index contributed by atoms with van der Waals surface area (Å²) in [6.45, 7) is 0. The quantitative estimate of drug-likeness (QED) is 0.474. The van der Waals surface area contributed by atoms with Crippen LogP contribution in [0.4, 0.5) is 0 Å². The van der Waals surface area contributed by atoms with Crippen molar-refractivity contribution in [3.05, 3.63) is 18.5 Å². The van der Waals surface area contributed by atoms with Gasteiger partial charge < -0.3 is 9.90 Å². The number of hydrogen-bond donors (Lipinski definition) is 0. The van der Waals surface area contributed by atoms with Crippen molar-refractivity contribution in [2.75, 3.05) is 5.75 Å². The molecule has 0 atom stereocenters. The van der Waals surface area contributed by atoms with Gasteiger partial charge in [-0.05, 0) is 12.5 Å². The molecule has 1 aromatic rings. The second-order valence-electron chi connectivity index (χ2n) is 2.00. The number of aromatic nitrogens is 2. The Labute approximate surface area is 74.0 Å². The zero-order valence-electron chi connectivity index (χ0n) is 6.27. The van der Waals surface area contributed by atoms with E-state index in [9.17, 15) is 9.90 Å². The number of nitrogens with zero attached hydrogens (tertiary/aromatic N) is 2. The number of hydrogen-bond acceptors (Lipinski definition) is 5. The average Bonchev–Trinajstić information content (AvgIpc) is 2.05. The van der Waals surface area contributed by atoms with Crippen molar-refractivity contribution in [3.63, 3.8) is 0 Å². The summed E-state index contributed by atoms with van der Waals surface area (Å²) in [5.41, 5.74) is 0. The van der Waals surface area contributed by atoms with Crippen LogP contribution in [0.1, 0.15) is 6.42 Å². The standard InChI is InChI=1S/C7H8N2O2S/c10-6(11)2-5-12-7-8-3-1-4-9-7/h1,3-4H,2,5H2,(H,10,11)/p-1. The lowest BCUT2D eigenvalue weighted by Crippen LogP contribution is -2.22. The van der Waals surface area contributed by atoms with E-state index in [1.54, 1.807) is 18.5 Å². The highest BCUT2D eigenvalue weighted by molar-refractivity contribution is 7.99. The monoisotopic (exact) mass is 183 g/mol. The number of carboxylic acids is 1. The van der Waals surface area contributed by atoms with E-state index in [-0.39, 0.29) is 6.42 Å². The van der Waals surface area contributed by atoms with Crippen molar-refractivity contribution in [1.29, 1.82) is 0 Å². The average molecular weight is 183 g/mol. The summed E-state index contributed by atoms with van der Waals surface area (Å²) in [6.07, 6.45) is 3.27. The van der Waals surface area contributed by atoms with Gasteiger partial charge in [0.05, 0.1) is 0 Å². The van der Waals surface area contributed by atoms with Crippen LogP contribution in [0.25, 0.3) is 0 Å². The van der Waals surface area contributed by atoms with Gasteiger partial charge in [0.15, 0.2) is 5.16 Å². The van der Waals surface area contributed by atoms with Crippen LogP contribution >= 0.6 is 11.8 Å². The predicted molar refractivity (Wildman–Crippen MR) is 42.4 cm³/mol. The number of rotatable bonds is 4. The second-order valence-corrected chi connectivity index (χ2v) is 3.06. The summed E-state index contributed by atoms with van der Waals surface area (Å²) in [5, 5.41) is 10.6. The zero-order chi connectivity index (χ0) is 8.81.